The van der Waals surface area contributed by atoms with Crippen molar-refractivity contribution in [2.24, 2.45) is 11.8 Å². The molecule has 1 saturated carbocycles. The Morgan fingerprint density at radius 3 is 2.56 bits per heavy atom. The second-order valence-corrected chi connectivity index (χ2v) is 6.44. The van der Waals surface area contributed by atoms with E-state index in [0.29, 0.717) is 6.10 Å². The Morgan fingerprint density at radius 2 is 1.83 bits per heavy atom. The van der Waals surface area contributed by atoms with Crippen molar-refractivity contribution in [2.75, 3.05) is 19.7 Å². The fraction of sp³-hybridized carbons (Fsp3) is 1.00. The van der Waals surface area contributed by atoms with E-state index >= 15 is 0 Å². The molecule has 0 spiro atoms. The second kappa shape index (κ2) is 8.16. The highest BCUT2D eigenvalue weighted by Gasteiger charge is 2.17. The van der Waals surface area contributed by atoms with Gasteiger partial charge in [0, 0.05) is 6.61 Å². The van der Waals surface area contributed by atoms with Crippen LogP contribution in [0.3, 0.4) is 0 Å². The molecule has 2 aliphatic rings. The third-order valence-electron chi connectivity index (χ3n) is 4.77. The minimum Gasteiger partial charge on any atom is -0.378 e. The summed E-state index contributed by atoms with van der Waals surface area (Å²) in [7, 11) is 0. The summed E-state index contributed by atoms with van der Waals surface area (Å²) < 4.78 is 5.64. The molecule has 1 unspecified atom stereocenters. The molecule has 0 aromatic rings. The Kier molecular flexibility index (Phi) is 6.50. The molecule has 0 aromatic carbocycles. The first-order valence-corrected chi connectivity index (χ1v) is 8.17. The van der Waals surface area contributed by atoms with Gasteiger partial charge in [-0.25, -0.2) is 0 Å². The van der Waals surface area contributed by atoms with Crippen molar-refractivity contribution < 1.29 is 4.74 Å². The Bertz CT molecular complexity index is 205. The predicted molar refractivity (Wildman–Crippen MR) is 76.8 cm³/mol. The lowest BCUT2D eigenvalue weighted by molar-refractivity contribution is 0.102. The van der Waals surface area contributed by atoms with Gasteiger partial charge in [0.2, 0.25) is 0 Å². The Labute approximate surface area is 113 Å². The van der Waals surface area contributed by atoms with Gasteiger partial charge in [-0.15, -0.1) is 0 Å². The van der Waals surface area contributed by atoms with Gasteiger partial charge in [0.15, 0.2) is 0 Å². The molecule has 1 aliphatic carbocycles. The van der Waals surface area contributed by atoms with Crippen LogP contribution in [0.4, 0.5) is 0 Å². The lowest BCUT2D eigenvalue weighted by atomic mass is 9.81. The summed E-state index contributed by atoms with van der Waals surface area (Å²) in [6, 6.07) is 0. The lowest BCUT2D eigenvalue weighted by Gasteiger charge is -2.26. The van der Waals surface area contributed by atoms with E-state index in [1.807, 2.05) is 0 Å². The maximum atomic E-state index is 5.64. The number of hydrogen-bond acceptors (Lipinski definition) is 2. The molecule has 0 aromatic heterocycles. The van der Waals surface area contributed by atoms with Crippen molar-refractivity contribution in [3.8, 4) is 0 Å². The van der Waals surface area contributed by atoms with Crippen molar-refractivity contribution in [3.05, 3.63) is 0 Å². The molecule has 1 N–H and O–H groups in total. The summed E-state index contributed by atoms with van der Waals surface area (Å²) in [6.07, 6.45) is 12.9. The van der Waals surface area contributed by atoms with E-state index in [1.165, 1.54) is 70.9 Å². The van der Waals surface area contributed by atoms with Crippen LogP contribution in [0.2, 0.25) is 0 Å². The van der Waals surface area contributed by atoms with Crippen LogP contribution in [-0.4, -0.2) is 25.8 Å². The summed E-state index contributed by atoms with van der Waals surface area (Å²) in [5.74, 6) is 1.99. The maximum absolute atomic E-state index is 5.64. The van der Waals surface area contributed by atoms with Crippen molar-refractivity contribution >= 4 is 0 Å². The van der Waals surface area contributed by atoms with Crippen LogP contribution >= 0.6 is 0 Å². The molecular weight excluding hydrogens is 222 g/mol. The Balaban J connectivity index is 1.39. The molecule has 0 radical (unpaired) electrons. The Hall–Kier alpha value is -0.0800. The molecule has 2 nitrogen and oxygen atoms in total. The van der Waals surface area contributed by atoms with Gasteiger partial charge in [0.1, 0.15) is 0 Å². The van der Waals surface area contributed by atoms with Crippen LogP contribution in [0.1, 0.15) is 64.7 Å². The molecule has 2 rings (SSSR count). The van der Waals surface area contributed by atoms with Crippen LogP contribution in [0, 0.1) is 11.8 Å². The monoisotopic (exact) mass is 253 g/mol. The minimum absolute atomic E-state index is 0.576. The first-order chi connectivity index (χ1) is 8.84. The lowest BCUT2D eigenvalue weighted by Crippen LogP contribution is -2.22. The van der Waals surface area contributed by atoms with Crippen molar-refractivity contribution in [2.45, 2.75) is 70.8 Å². The molecule has 1 saturated heterocycles. The molecule has 2 heteroatoms. The standard InChI is InChI=1S/C16H31NO/c1-14-6-8-15(9-7-14)10-12-17-11-2-4-16-5-3-13-18-16/h14-17H,2-13H2,1H3. The number of nitrogens with one attached hydrogen (secondary N) is 1. The number of hydrogen-bond donors (Lipinski definition) is 1. The zero-order chi connectivity index (χ0) is 12.6. The van der Waals surface area contributed by atoms with E-state index in [9.17, 15) is 0 Å². The van der Waals surface area contributed by atoms with E-state index in [1.54, 1.807) is 0 Å². The van der Waals surface area contributed by atoms with Crippen LogP contribution < -0.4 is 5.32 Å². The molecule has 1 heterocycles. The highest BCUT2D eigenvalue weighted by Crippen LogP contribution is 2.29. The second-order valence-electron chi connectivity index (χ2n) is 6.44. The van der Waals surface area contributed by atoms with Gasteiger partial charge < -0.3 is 10.1 Å². The third-order valence-corrected chi connectivity index (χ3v) is 4.77. The summed E-state index contributed by atoms with van der Waals surface area (Å²) in [5, 5.41) is 3.61. The average molecular weight is 253 g/mol. The first-order valence-electron chi connectivity index (χ1n) is 8.17. The molecular formula is C16H31NO. The molecule has 18 heavy (non-hydrogen) atoms. The summed E-state index contributed by atoms with van der Waals surface area (Å²) >= 11 is 0. The van der Waals surface area contributed by atoms with Gasteiger partial charge in [-0.3, -0.25) is 0 Å². The highest BCUT2D eigenvalue weighted by molar-refractivity contribution is 4.71. The van der Waals surface area contributed by atoms with Crippen LogP contribution in [0.15, 0.2) is 0 Å². The first kappa shape index (κ1) is 14.3. The minimum atomic E-state index is 0.576. The van der Waals surface area contributed by atoms with Gasteiger partial charge in [-0.1, -0.05) is 32.6 Å². The maximum Gasteiger partial charge on any atom is 0.0576 e. The smallest absolute Gasteiger partial charge is 0.0576 e. The van der Waals surface area contributed by atoms with E-state index in [0.717, 1.165) is 18.4 Å². The van der Waals surface area contributed by atoms with Crippen molar-refractivity contribution in [1.82, 2.24) is 5.32 Å². The fourth-order valence-corrected chi connectivity index (χ4v) is 3.38. The third kappa shape index (κ3) is 5.27. The molecule has 1 atom stereocenters. The van der Waals surface area contributed by atoms with Gasteiger partial charge in [0.05, 0.1) is 6.10 Å². The topological polar surface area (TPSA) is 21.3 Å². The summed E-state index contributed by atoms with van der Waals surface area (Å²) in [6.45, 7) is 5.81. The van der Waals surface area contributed by atoms with E-state index in [4.69, 9.17) is 4.74 Å². The van der Waals surface area contributed by atoms with Gasteiger partial charge >= 0.3 is 0 Å². The number of ether oxygens (including phenoxy) is 1. The molecule has 2 fully saturated rings. The quantitative estimate of drug-likeness (QED) is 0.698. The van der Waals surface area contributed by atoms with E-state index in [-0.39, 0.29) is 0 Å². The number of rotatable bonds is 7. The Morgan fingerprint density at radius 1 is 1.00 bits per heavy atom. The summed E-state index contributed by atoms with van der Waals surface area (Å²) in [5.41, 5.74) is 0. The van der Waals surface area contributed by atoms with Gasteiger partial charge in [0.25, 0.3) is 0 Å². The zero-order valence-corrected chi connectivity index (χ0v) is 12.1. The largest absolute Gasteiger partial charge is 0.378 e. The highest BCUT2D eigenvalue weighted by atomic mass is 16.5. The average Bonchev–Trinajstić information content (AvgIpc) is 2.89. The van der Waals surface area contributed by atoms with Crippen LogP contribution in [0.25, 0.3) is 0 Å². The van der Waals surface area contributed by atoms with Crippen molar-refractivity contribution in [1.29, 1.82) is 0 Å². The zero-order valence-electron chi connectivity index (χ0n) is 12.1. The fourth-order valence-electron chi connectivity index (χ4n) is 3.38. The molecule has 1 aliphatic heterocycles. The van der Waals surface area contributed by atoms with Crippen LogP contribution in [-0.2, 0) is 4.74 Å². The van der Waals surface area contributed by atoms with Gasteiger partial charge in [-0.2, -0.15) is 0 Å². The normalized spacial score (nSPS) is 32.8. The molecule has 106 valence electrons. The predicted octanol–water partition coefficient (Wildman–Crippen LogP) is 3.75. The van der Waals surface area contributed by atoms with Crippen molar-refractivity contribution in [3.63, 3.8) is 0 Å². The van der Waals surface area contributed by atoms with Crippen LogP contribution in [0.5, 0.6) is 0 Å². The summed E-state index contributed by atoms with van der Waals surface area (Å²) in [4.78, 5) is 0. The molecule has 0 bridgehead atoms. The van der Waals surface area contributed by atoms with E-state index in [2.05, 4.69) is 12.2 Å². The van der Waals surface area contributed by atoms with E-state index < -0.39 is 0 Å². The SMILES string of the molecule is CC1CCC(CCNCCCC2CCCO2)CC1. The molecule has 0 amide bonds. The van der Waals surface area contributed by atoms with Gasteiger partial charge in [-0.05, 0) is 57.0 Å².